The van der Waals surface area contributed by atoms with E-state index >= 15 is 0 Å². The molecule has 0 amide bonds. The third-order valence-electron chi connectivity index (χ3n) is 3.22. The molecule has 0 aliphatic heterocycles. The van der Waals surface area contributed by atoms with Gasteiger partial charge in [0.1, 0.15) is 0 Å². The first kappa shape index (κ1) is 19.7. The van der Waals surface area contributed by atoms with Crippen molar-refractivity contribution in [3.63, 3.8) is 0 Å². The second-order valence-corrected chi connectivity index (χ2v) is 4.35. The van der Waals surface area contributed by atoms with E-state index in [9.17, 15) is 24.3 Å². The summed E-state index contributed by atoms with van der Waals surface area (Å²) in [4.78, 5) is 48.7. The summed E-state index contributed by atoms with van der Waals surface area (Å²) >= 11 is 0. The van der Waals surface area contributed by atoms with Gasteiger partial charge in [0.15, 0.2) is 0 Å². The number of rotatable bonds is 5. The number of esters is 4. The second-order valence-electron chi connectivity index (χ2n) is 4.35. The van der Waals surface area contributed by atoms with E-state index < -0.39 is 57.7 Å². The summed E-state index contributed by atoms with van der Waals surface area (Å²) in [6.45, 7) is 0. The van der Waals surface area contributed by atoms with E-state index in [1.54, 1.807) is 0 Å². The minimum Gasteiger partial charge on any atom is -0.481 e. The van der Waals surface area contributed by atoms with Gasteiger partial charge in [0.05, 0.1) is 63.4 Å². The van der Waals surface area contributed by atoms with Crippen LogP contribution in [0.25, 0.3) is 0 Å². The Hall–Kier alpha value is -3.30. The fourth-order valence-electron chi connectivity index (χ4n) is 2.17. The van der Waals surface area contributed by atoms with E-state index in [0.29, 0.717) is 0 Å². The molecular formula is C15H16O10. The van der Waals surface area contributed by atoms with Crippen molar-refractivity contribution in [2.75, 3.05) is 35.5 Å². The molecule has 25 heavy (non-hydrogen) atoms. The van der Waals surface area contributed by atoms with E-state index in [1.807, 2.05) is 0 Å². The van der Waals surface area contributed by atoms with Crippen LogP contribution in [0.2, 0.25) is 0 Å². The maximum Gasteiger partial charge on any atom is 0.339 e. The topological polar surface area (TPSA) is 135 Å². The van der Waals surface area contributed by atoms with Gasteiger partial charge >= 0.3 is 23.9 Å². The van der Waals surface area contributed by atoms with E-state index in [-0.39, 0.29) is 0 Å². The fourth-order valence-corrected chi connectivity index (χ4v) is 2.17. The zero-order valence-electron chi connectivity index (χ0n) is 14.1. The van der Waals surface area contributed by atoms with Crippen LogP contribution in [0.5, 0.6) is 0 Å². The SMILES string of the molecule is COC(=O)C1=C(C(=O)OC)C(C(=O)OC)=C(C(=O)OC)C1=C(O)OC. The van der Waals surface area contributed by atoms with Crippen molar-refractivity contribution < 1.29 is 48.0 Å². The molecule has 0 radical (unpaired) electrons. The van der Waals surface area contributed by atoms with Crippen LogP contribution >= 0.6 is 0 Å². The second kappa shape index (κ2) is 7.99. The molecule has 0 heterocycles. The highest BCUT2D eigenvalue weighted by Gasteiger charge is 2.46. The van der Waals surface area contributed by atoms with Crippen molar-refractivity contribution in [3.8, 4) is 0 Å². The third kappa shape index (κ3) is 3.32. The normalized spacial score (nSPS) is 13.4. The summed E-state index contributed by atoms with van der Waals surface area (Å²) in [5, 5.41) is 10.0. The van der Waals surface area contributed by atoms with Crippen LogP contribution in [-0.2, 0) is 42.9 Å². The predicted molar refractivity (Wildman–Crippen MR) is 78.8 cm³/mol. The van der Waals surface area contributed by atoms with Crippen molar-refractivity contribution >= 4 is 23.9 Å². The van der Waals surface area contributed by atoms with Crippen molar-refractivity contribution in [1.82, 2.24) is 0 Å². The molecule has 0 unspecified atom stereocenters. The van der Waals surface area contributed by atoms with E-state index in [4.69, 9.17) is 0 Å². The lowest BCUT2D eigenvalue weighted by Gasteiger charge is -2.10. The molecular weight excluding hydrogens is 340 g/mol. The van der Waals surface area contributed by atoms with Gasteiger partial charge in [-0.05, 0) is 0 Å². The first-order chi connectivity index (χ1) is 11.8. The number of aliphatic hydroxyl groups excluding tert-OH is 1. The number of carbonyl (C=O) groups is 4. The Morgan fingerprint density at radius 1 is 0.560 bits per heavy atom. The Kier molecular flexibility index (Phi) is 6.31. The molecule has 0 bridgehead atoms. The van der Waals surface area contributed by atoms with Gasteiger partial charge in [-0.1, -0.05) is 0 Å². The number of ether oxygens (including phenoxy) is 5. The summed E-state index contributed by atoms with van der Waals surface area (Å²) in [7, 11) is 5.03. The predicted octanol–water partition coefficient (Wildman–Crippen LogP) is -0.299. The van der Waals surface area contributed by atoms with Gasteiger partial charge in [-0.2, -0.15) is 0 Å². The number of hydrogen-bond donors (Lipinski definition) is 1. The van der Waals surface area contributed by atoms with E-state index in [0.717, 1.165) is 35.5 Å². The van der Waals surface area contributed by atoms with Gasteiger partial charge in [0.2, 0.25) is 0 Å². The molecule has 1 aliphatic rings. The van der Waals surface area contributed by atoms with Crippen LogP contribution in [0.1, 0.15) is 0 Å². The quantitative estimate of drug-likeness (QED) is 0.397. The van der Waals surface area contributed by atoms with Crippen LogP contribution in [0.15, 0.2) is 33.8 Å². The highest BCUT2D eigenvalue weighted by molar-refractivity contribution is 6.22. The average molecular weight is 356 g/mol. The Labute approximate surface area is 142 Å². The molecule has 0 aromatic rings. The maximum absolute atomic E-state index is 12.2. The van der Waals surface area contributed by atoms with Gasteiger partial charge in [-0.3, -0.25) is 0 Å². The summed E-state index contributed by atoms with van der Waals surface area (Å²) in [5.74, 6) is -5.44. The monoisotopic (exact) mass is 356 g/mol. The zero-order valence-corrected chi connectivity index (χ0v) is 14.1. The van der Waals surface area contributed by atoms with Crippen LogP contribution in [0.4, 0.5) is 0 Å². The van der Waals surface area contributed by atoms with E-state index in [1.165, 1.54) is 0 Å². The molecule has 0 atom stereocenters. The first-order valence-electron chi connectivity index (χ1n) is 6.60. The molecule has 0 saturated carbocycles. The minimum atomic E-state index is -1.14. The summed E-state index contributed by atoms with van der Waals surface area (Å²) in [6.07, 6.45) is 0. The number of hydrogen-bond acceptors (Lipinski definition) is 10. The molecule has 1 N–H and O–H groups in total. The molecule has 136 valence electrons. The van der Waals surface area contributed by atoms with Gasteiger partial charge in [0.25, 0.3) is 5.95 Å². The maximum atomic E-state index is 12.2. The van der Waals surface area contributed by atoms with Crippen LogP contribution in [0, 0.1) is 0 Å². The zero-order chi connectivity index (χ0) is 19.3. The summed E-state index contributed by atoms with van der Waals surface area (Å²) in [6, 6.07) is 0. The lowest BCUT2D eigenvalue weighted by Crippen LogP contribution is -2.18. The van der Waals surface area contributed by atoms with Crippen molar-refractivity contribution in [2.45, 2.75) is 0 Å². The summed E-state index contributed by atoms with van der Waals surface area (Å²) in [5.41, 5.74) is -3.01. The number of carbonyl (C=O) groups excluding carboxylic acids is 4. The Morgan fingerprint density at radius 2 is 0.840 bits per heavy atom. The van der Waals surface area contributed by atoms with Crippen molar-refractivity contribution in [1.29, 1.82) is 0 Å². The Morgan fingerprint density at radius 3 is 1.08 bits per heavy atom. The molecule has 10 heteroatoms. The number of aliphatic hydroxyl groups is 1. The van der Waals surface area contributed by atoms with Gasteiger partial charge in [-0.25, -0.2) is 19.2 Å². The third-order valence-corrected chi connectivity index (χ3v) is 3.22. The number of methoxy groups -OCH3 is 5. The van der Waals surface area contributed by atoms with Gasteiger partial charge in [0, 0.05) is 0 Å². The van der Waals surface area contributed by atoms with Crippen LogP contribution < -0.4 is 0 Å². The molecule has 1 aliphatic carbocycles. The average Bonchev–Trinajstić information content (AvgIpc) is 3.00. The van der Waals surface area contributed by atoms with Gasteiger partial charge < -0.3 is 28.8 Å². The Balaban J connectivity index is 4.05. The van der Waals surface area contributed by atoms with Crippen molar-refractivity contribution in [3.05, 3.63) is 33.8 Å². The van der Waals surface area contributed by atoms with Gasteiger partial charge in [-0.15, -0.1) is 0 Å². The minimum absolute atomic E-state index is 0.554. The van der Waals surface area contributed by atoms with Crippen molar-refractivity contribution in [2.24, 2.45) is 0 Å². The molecule has 0 saturated heterocycles. The molecule has 0 aromatic carbocycles. The molecule has 0 spiro atoms. The molecule has 0 aromatic heterocycles. The van der Waals surface area contributed by atoms with Crippen LogP contribution in [-0.4, -0.2) is 64.5 Å². The standard InChI is InChI=1S/C15H16O10/c1-21-11(16)6-7(12(17)22-2)9(14(19)24-4)10(15(20)25-5)8(6)13(18)23-3/h16H,1-5H3. The first-order valence-corrected chi connectivity index (χ1v) is 6.60. The fraction of sp³-hybridized carbons (Fsp3) is 0.333. The lowest BCUT2D eigenvalue weighted by atomic mass is 10.0. The summed E-state index contributed by atoms with van der Waals surface area (Å²) < 4.78 is 22.9. The highest BCUT2D eigenvalue weighted by atomic mass is 16.6. The molecule has 10 nitrogen and oxygen atoms in total. The van der Waals surface area contributed by atoms with E-state index in [2.05, 4.69) is 23.7 Å². The van der Waals surface area contributed by atoms with Crippen LogP contribution in [0.3, 0.4) is 0 Å². The highest BCUT2D eigenvalue weighted by Crippen LogP contribution is 2.41. The Bertz CT molecular complexity index is 669. The lowest BCUT2D eigenvalue weighted by molar-refractivity contribution is -0.140. The largest absolute Gasteiger partial charge is 0.481 e. The smallest absolute Gasteiger partial charge is 0.339 e. The molecule has 1 rings (SSSR count). The molecule has 0 fully saturated rings.